The maximum absolute atomic E-state index is 13.0. The van der Waals surface area contributed by atoms with Crippen LogP contribution in [0.5, 0.6) is 0 Å². The Balaban J connectivity index is 1.85. The first-order valence-electron chi connectivity index (χ1n) is 8.82. The molecule has 1 aromatic heterocycles. The summed E-state index contributed by atoms with van der Waals surface area (Å²) >= 11 is 6.18. The number of urea groups is 1. The van der Waals surface area contributed by atoms with E-state index in [1.54, 1.807) is 6.07 Å². The second-order valence-corrected chi connectivity index (χ2v) is 7.21. The fourth-order valence-electron chi connectivity index (χ4n) is 3.57. The molecule has 134 valence electrons. The zero-order valence-corrected chi connectivity index (χ0v) is 15.8. The van der Waals surface area contributed by atoms with E-state index in [0.717, 1.165) is 60.4 Å². The Morgan fingerprint density at radius 1 is 1.28 bits per heavy atom. The fourth-order valence-corrected chi connectivity index (χ4v) is 3.75. The summed E-state index contributed by atoms with van der Waals surface area (Å²) in [5.74, 6) is 0. The van der Waals surface area contributed by atoms with E-state index in [1.807, 2.05) is 37.8 Å². The highest BCUT2D eigenvalue weighted by atomic mass is 35.5. The first-order valence-corrected chi connectivity index (χ1v) is 9.20. The zero-order chi connectivity index (χ0) is 18.0. The van der Waals surface area contributed by atoms with Gasteiger partial charge in [0, 0.05) is 28.5 Å². The first kappa shape index (κ1) is 17.8. The molecular weight excluding hydrogens is 336 g/mol. The normalized spacial score (nSPS) is 18.1. The van der Waals surface area contributed by atoms with Crippen molar-refractivity contribution in [2.24, 2.45) is 0 Å². The van der Waals surface area contributed by atoms with Gasteiger partial charge in [0.2, 0.25) is 0 Å². The maximum Gasteiger partial charge on any atom is 0.322 e. The molecule has 2 heterocycles. The van der Waals surface area contributed by atoms with E-state index in [-0.39, 0.29) is 12.1 Å². The SMILES string of the molecule is Cc1ccc(NC(=O)N2CCCCCC2c2c(C)n[nH]c2C)cc1Cl. The molecule has 25 heavy (non-hydrogen) atoms. The van der Waals surface area contributed by atoms with Gasteiger partial charge in [0.15, 0.2) is 0 Å². The minimum Gasteiger partial charge on any atom is -0.317 e. The molecule has 6 heteroatoms. The van der Waals surface area contributed by atoms with Gasteiger partial charge in [0.25, 0.3) is 0 Å². The quantitative estimate of drug-likeness (QED) is 0.779. The van der Waals surface area contributed by atoms with Gasteiger partial charge in [-0.15, -0.1) is 0 Å². The van der Waals surface area contributed by atoms with E-state index in [2.05, 4.69) is 15.5 Å². The Bertz CT molecular complexity index is 751. The second-order valence-electron chi connectivity index (χ2n) is 6.80. The van der Waals surface area contributed by atoms with Gasteiger partial charge in [0.05, 0.1) is 11.7 Å². The summed E-state index contributed by atoms with van der Waals surface area (Å²) in [6.45, 7) is 6.72. The molecular formula is C19H25ClN4O. The molecule has 0 radical (unpaired) electrons. The number of nitrogens with zero attached hydrogens (tertiary/aromatic N) is 2. The molecule has 0 aliphatic carbocycles. The third-order valence-electron chi connectivity index (χ3n) is 4.96. The first-order chi connectivity index (χ1) is 12.0. The summed E-state index contributed by atoms with van der Waals surface area (Å²) < 4.78 is 0. The van der Waals surface area contributed by atoms with Crippen LogP contribution in [0.3, 0.4) is 0 Å². The van der Waals surface area contributed by atoms with Gasteiger partial charge in [-0.3, -0.25) is 5.10 Å². The lowest BCUT2D eigenvalue weighted by Crippen LogP contribution is -2.38. The monoisotopic (exact) mass is 360 g/mol. The van der Waals surface area contributed by atoms with E-state index in [4.69, 9.17) is 11.6 Å². The van der Waals surface area contributed by atoms with Crippen LogP contribution in [-0.4, -0.2) is 27.7 Å². The van der Waals surface area contributed by atoms with Gasteiger partial charge in [-0.1, -0.05) is 30.5 Å². The highest BCUT2D eigenvalue weighted by Gasteiger charge is 2.30. The number of nitrogens with one attached hydrogen (secondary N) is 2. The number of hydrogen-bond donors (Lipinski definition) is 2. The minimum absolute atomic E-state index is 0.0576. The summed E-state index contributed by atoms with van der Waals surface area (Å²) in [6, 6.07) is 5.59. The van der Waals surface area contributed by atoms with Crippen LogP contribution in [-0.2, 0) is 0 Å². The zero-order valence-electron chi connectivity index (χ0n) is 15.0. The number of rotatable bonds is 2. The van der Waals surface area contributed by atoms with Crippen LogP contribution in [0, 0.1) is 20.8 Å². The number of halogens is 1. The molecule has 1 saturated heterocycles. The number of H-pyrrole nitrogens is 1. The van der Waals surface area contributed by atoms with Gasteiger partial charge in [-0.2, -0.15) is 5.10 Å². The van der Waals surface area contributed by atoms with Crippen LogP contribution in [0.4, 0.5) is 10.5 Å². The molecule has 0 saturated carbocycles. The van der Waals surface area contributed by atoms with Crippen molar-refractivity contribution in [3.8, 4) is 0 Å². The van der Waals surface area contributed by atoms with Crippen LogP contribution in [0.2, 0.25) is 5.02 Å². The predicted octanol–water partition coefficient (Wildman–Crippen LogP) is 5.14. The second kappa shape index (κ2) is 7.48. The van der Waals surface area contributed by atoms with Crippen LogP contribution in [0.25, 0.3) is 0 Å². The average molecular weight is 361 g/mol. The number of benzene rings is 1. The molecule has 1 aliphatic heterocycles. The number of anilines is 1. The molecule has 0 bridgehead atoms. The molecule has 1 unspecified atom stereocenters. The van der Waals surface area contributed by atoms with Crippen molar-refractivity contribution in [3.05, 3.63) is 45.7 Å². The van der Waals surface area contributed by atoms with Gasteiger partial charge < -0.3 is 10.2 Å². The van der Waals surface area contributed by atoms with Crippen molar-refractivity contribution in [2.75, 3.05) is 11.9 Å². The number of likely N-dealkylation sites (tertiary alicyclic amines) is 1. The number of carbonyl (C=O) groups excluding carboxylic acids is 1. The topological polar surface area (TPSA) is 61.0 Å². The maximum atomic E-state index is 13.0. The molecule has 3 rings (SSSR count). The van der Waals surface area contributed by atoms with Crippen molar-refractivity contribution >= 4 is 23.3 Å². The summed E-state index contributed by atoms with van der Waals surface area (Å²) in [7, 11) is 0. The lowest BCUT2D eigenvalue weighted by molar-refractivity contribution is 0.189. The van der Waals surface area contributed by atoms with Crippen molar-refractivity contribution in [3.63, 3.8) is 0 Å². The lowest BCUT2D eigenvalue weighted by atomic mass is 9.99. The molecule has 5 nitrogen and oxygen atoms in total. The van der Waals surface area contributed by atoms with E-state index in [9.17, 15) is 4.79 Å². The van der Waals surface area contributed by atoms with Crippen LogP contribution in [0.15, 0.2) is 18.2 Å². The highest BCUT2D eigenvalue weighted by Crippen LogP contribution is 2.33. The van der Waals surface area contributed by atoms with Gasteiger partial charge in [-0.25, -0.2) is 4.79 Å². The standard InChI is InChI=1S/C19H25ClN4O/c1-12-8-9-15(11-16(12)20)21-19(25)24-10-6-4-5-7-17(24)18-13(2)22-23-14(18)3/h8-9,11,17H,4-7,10H2,1-3H3,(H,21,25)(H,22,23). The van der Waals surface area contributed by atoms with Gasteiger partial charge in [-0.05, 0) is 51.3 Å². The summed E-state index contributed by atoms with van der Waals surface area (Å²) in [5, 5.41) is 11.0. The molecule has 2 amide bonds. The third kappa shape index (κ3) is 3.82. The summed E-state index contributed by atoms with van der Waals surface area (Å²) in [6.07, 6.45) is 4.25. The molecule has 1 atom stereocenters. The molecule has 0 spiro atoms. The summed E-state index contributed by atoms with van der Waals surface area (Å²) in [5.41, 5.74) is 4.89. The Morgan fingerprint density at radius 2 is 2.08 bits per heavy atom. The Kier molecular flexibility index (Phi) is 5.33. The van der Waals surface area contributed by atoms with E-state index in [0.29, 0.717) is 5.02 Å². The number of carbonyl (C=O) groups is 1. The number of hydrogen-bond acceptors (Lipinski definition) is 2. The van der Waals surface area contributed by atoms with E-state index >= 15 is 0 Å². The summed E-state index contributed by atoms with van der Waals surface area (Å²) in [4.78, 5) is 14.9. The molecule has 1 fully saturated rings. The van der Waals surface area contributed by atoms with Crippen molar-refractivity contribution in [1.29, 1.82) is 0 Å². The van der Waals surface area contributed by atoms with Gasteiger partial charge >= 0.3 is 6.03 Å². The van der Waals surface area contributed by atoms with Gasteiger partial charge in [0.1, 0.15) is 0 Å². The van der Waals surface area contributed by atoms with Crippen LogP contribution >= 0.6 is 11.6 Å². The van der Waals surface area contributed by atoms with Crippen LogP contribution in [0.1, 0.15) is 54.2 Å². The average Bonchev–Trinajstić information content (AvgIpc) is 2.77. The van der Waals surface area contributed by atoms with E-state index in [1.165, 1.54) is 0 Å². The smallest absolute Gasteiger partial charge is 0.317 e. The molecule has 1 aliphatic rings. The Hall–Kier alpha value is -2.01. The Morgan fingerprint density at radius 3 is 2.76 bits per heavy atom. The van der Waals surface area contributed by atoms with Crippen molar-refractivity contribution in [1.82, 2.24) is 15.1 Å². The minimum atomic E-state index is -0.0770. The van der Waals surface area contributed by atoms with E-state index < -0.39 is 0 Å². The number of aromatic nitrogens is 2. The number of amides is 2. The Labute approximate surface area is 153 Å². The number of aryl methyl sites for hydroxylation is 3. The third-order valence-corrected chi connectivity index (χ3v) is 5.36. The highest BCUT2D eigenvalue weighted by molar-refractivity contribution is 6.31. The fraction of sp³-hybridized carbons (Fsp3) is 0.474. The van der Waals surface area contributed by atoms with Crippen LogP contribution < -0.4 is 5.32 Å². The van der Waals surface area contributed by atoms with Crippen molar-refractivity contribution < 1.29 is 4.79 Å². The van der Waals surface area contributed by atoms with Crippen molar-refractivity contribution in [2.45, 2.75) is 52.5 Å². The molecule has 2 aromatic rings. The largest absolute Gasteiger partial charge is 0.322 e. The lowest BCUT2D eigenvalue weighted by Gasteiger charge is -2.30. The predicted molar refractivity (Wildman–Crippen MR) is 101 cm³/mol. The number of aromatic amines is 1. The molecule has 1 aromatic carbocycles. The molecule has 2 N–H and O–H groups in total.